The molecule has 1 rings (SSSR count). The molecule has 20 heavy (non-hydrogen) atoms. The van der Waals surface area contributed by atoms with E-state index in [-0.39, 0.29) is 5.69 Å². The van der Waals surface area contributed by atoms with Crippen molar-refractivity contribution in [2.45, 2.75) is 13.0 Å². The molecular weight excluding hydrogens is 270 g/mol. The lowest BCUT2D eigenvalue weighted by Crippen LogP contribution is -2.29. The highest BCUT2D eigenvalue weighted by molar-refractivity contribution is 5.90. The topological polar surface area (TPSA) is 70.6 Å². The van der Waals surface area contributed by atoms with Gasteiger partial charge in [-0.2, -0.15) is 0 Å². The van der Waals surface area contributed by atoms with Crippen LogP contribution in [-0.4, -0.2) is 43.9 Å². The predicted octanol–water partition coefficient (Wildman–Crippen LogP) is 1.13. The molecule has 0 aromatic heterocycles. The van der Waals surface area contributed by atoms with E-state index in [1.807, 2.05) is 0 Å². The van der Waals surface area contributed by atoms with E-state index >= 15 is 0 Å². The van der Waals surface area contributed by atoms with Gasteiger partial charge >= 0.3 is 5.97 Å². The number of ether oxygens (including phenoxy) is 1. The molecule has 3 N–H and O–H groups in total. The zero-order chi connectivity index (χ0) is 15.1. The summed E-state index contributed by atoms with van der Waals surface area (Å²) in [6.07, 6.45) is -0.469. The number of benzene rings is 1. The summed E-state index contributed by atoms with van der Waals surface area (Å²) in [4.78, 5) is 11.2. The van der Waals surface area contributed by atoms with Gasteiger partial charge in [0.25, 0.3) is 0 Å². The molecule has 0 aliphatic rings. The first-order valence-corrected chi connectivity index (χ1v) is 6.16. The van der Waals surface area contributed by atoms with Gasteiger partial charge in [0, 0.05) is 19.6 Å². The van der Waals surface area contributed by atoms with E-state index in [0.29, 0.717) is 19.6 Å². The Hall–Kier alpha value is -1.73. The molecule has 0 spiro atoms. The molecule has 1 unspecified atom stereocenters. The van der Waals surface area contributed by atoms with Crippen molar-refractivity contribution in [3.05, 3.63) is 29.3 Å². The van der Waals surface area contributed by atoms with E-state index in [4.69, 9.17) is 5.11 Å². The van der Waals surface area contributed by atoms with Crippen LogP contribution < -0.4 is 10.6 Å². The van der Waals surface area contributed by atoms with Gasteiger partial charge in [-0.25, -0.2) is 13.6 Å². The number of nitrogens with one attached hydrogen (secondary N) is 2. The summed E-state index contributed by atoms with van der Waals surface area (Å²) >= 11 is 0. The molecule has 0 saturated carbocycles. The van der Waals surface area contributed by atoms with Crippen LogP contribution in [0.15, 0.2) is 12.1 Å². The molecule has 1 aromatic rings. The molecule has 0 heterocycles. The number of carbonyl (C=O) groups excluding carboxylic acids is 1. The summed E-state index contributed by atoms with van der Waals surface area (Å²) in [5, 5.41) is 14.6. The first kappa shape index (κ1) is 16.3. The van der Waals surface area contributed by atoms with Crippen molar-refractivity contribution in [2.75, 3.05) is 32.1 Å². The molecule has 0 saturated heterocycles. The minimum absolute atomic E-state index is 0.0333. The number of halogens is 2. The van der Waals surface area contributed by atoms with Gasteiger partial charge in [-0.05, 0) is 19.1 Å². The Labute approximate surface area is 115 Å². The lowest BCUT2D eigenvalue weighted by atomic mass is 10.2. The largest absolute Gasteiger partial charge is 0.465 e. The third kappa shape index (κ3) is 4.43. The molecule has 0 bridgehead atoms. The Kier molecular flexibility index (Phi) is 6.33. The smallest absolute Gasteiger partial charge is 0.340 e. The van der Waals surface area contributed by atoms with Crippen molar-refractivity contribution >= 4 is 11.7 Å². The van der Waals surface area contributed by atoms with Crippen LogP contribution in [0.3, 0.4) is 0 Å². The van der Waals surface area contributed by atoms with Gasteiger partial charge < -0.3 is 20.5 Å². The SMILES string of the molecule is COC(=O)c1ccc(NCCNCC(C)O)c(F)c1F. The summed E-state index contributed by atoms with van der Waals surface area (Å²) in [6.45, 7) is 2.88. The average Bonchev–Trinajstić information content (AvgIpc) is 2.42. The molecule has 0 aliphatic carbocycles. The van der Waals surface area contributed by atoms with E-state index in [9.17, 15) is 13.6 Å². The fourth-order valence-corrected chi connectivity index (χ4v) is 1.55. The fourth-order valence-electron chi connectivity index (χ4n) is 1.55. The number of esters is 1. The van der Waals surface area contributed by atoms with Gasteiger partial charge in [0.2, 0.25) is 0 Å². The van der Waals surface area contributed by atoms with Gasteiger partial charge in [-0.15, -0.1) is 0 Å². The molecule has 5 nitrogen and oxygen atoms in total. The van der Waals surface area contributed by atoms with Gasteiger partial charge in [0.05, 0.1) is 24.5 Å². The van der Waals surface area contributed by atoms with Crippen molar-refractivity contribution in [1.29, 1.82) is 0 Å². The number of rotatable bonds is 7. The standard InChI is InChI=1S/C13H18F2N2O3/c1-8(18)7-16-5-6-17-10-4-3-9(13(19)20-2)11(14)12(10)15/h3-4,8,16-18H,5-7H2,1-2H3. The summed E-state index contributed by atoms with van der Waals surface area (Å²) in [5.74, 6) is -3.28. The van der Waals surface area contributed by atoms with Crippen LogP contribution in [0.4, 0.5) is 14.5 Å². The number of anilines is 1. The molecule has 1 aromatic carbocycles. The van der Waals surface area contributed by atoms with Crippen LogP contribution in [0.1, 0.15) is 17.3 Å². The first-order chi connectivity index (χ1) is 9.47. The normalized spacial score (nSPS) is 12.1. The number of aliphatic hydroxyl groups excluding tert-OH is 1. The van der Waals surface area contributed by atoms with Crippen molar-refractivity contribution < 1.29 is 23.4 Å². The number of hydrogen-bond donors (Lipinski definition) is 3. The van der Waals surface area contributed by atoms with E-state index in [1.54, 1.807) is 6.92 Å². The van der Waals surface area contributed by atoms with Crippen LogP contribution in [-0.2, 0) is 4.74 Å². The quantitative estimate of drug-likeness (QED) is 0.518. The van der Waals surface area contributed by atoms with Crippen molar-refractivity contribution in [1.82, 2.24) is 5.32 Å². The van der Waals surface area contributed by atoms with Crippen LogP contribution in [0.5, 0.6) is 0 Å². The fraction of sp³-hybridized carbons (Fsp3) is 0.462. The second kappa shape index (κ2) is 7.76. The van der Waals surface area contributed by atoms with Crippen LogP contribution >= 0.6 is 0 Å². The maximum atomic E-state index is 13.7. The molecule has 0 fully saturated rings. The Morgan fingerprint density at radius 1 is 1.35 bits per heavy atom. The molecule has 112 valence electrons. The average molecular weight is 288 g/mol. The highest BCUT2D eigenvalue weighted by Crippen LogP contribution is 2.20. The second-order valence-corrected chi connectivity index (χ2v) is 4.26. The highest BCUT2D eigenvalue weighted by Gasteiger charge is 2.18. The predicted molar refractivity (Wildman–Crippen MR) is 70.7 cm³/mol. The Morgan fingerprint density at radius 2 is 2.05 bits per heavy atom. The zero-order valence-electron chi connectivity index (χ0n) is 11.4. The van der Waals surface area contributed by atoms with Crippen LogP contribution in [0.2, 0.25) is 0 Å². The first-order valence-electron chi connectivity index (χ1n) is 6.16. The summed E-state index contributed by atoms with van der Waals surface area (Å²) < 4.78 is 31.7. The number of hydrogen-bond acceptors (Lipinski definition) is 5. The minimum atomic E-state index is -1.24. The molecule has 0 aliphatic heterocycles. The summed E-state index contributed by atoms with van der Waals surface area (Å²) in [7, 11) is 1.10. The molecule has 0 radical (unpaired) electrons. The molecule has 7 heteroatoms. The lowest BCUT2D eigenvalue weighted by Gasteiger charge is -2.11. The summed E-state index contributed by atoms with van der Waals surface area (Å²) in [5.41, 5.74) is -0.475. The van der Waals surface area contributed by atoms with Crippen molar-refractivity contribution in [3.8, 4) is 0 Å². The maximum absolute atomic E-state index is 13.7. The molecular formula is C13H18F2N2O3. The van der Waals surface area contributed by atoms with Gasteiger partial charge in [-0.1, -0.05) is 0 Å². The number of carbonyl (C=O) groups is 1. The van der Waals surface area contributed by atoms with Crippen LogP contribution in [0.25, 0.3) is 0 Å². The zero-order valence-corrected chi connectivity index (χ0v) is 11.4. The van der Waals surface area contributed by atoms with Crippen molar-refractivity contribution in [2.24, 2.45) is 0 Å². The third-order valence-corrected chi connectivity index (χ3v) is 2.54. The monoisotopic (exact) mass is 288 g/mol. The lowest BCUT2D eigenvalue weighted by molar-refractivity contribution is 0.0594. The van der Waals surface area contributed by atoms with E-state index < -0.39 is 29.3 Å². The van der Waals surface area contributed by atoms with E-state index in [2.05, 4.69) is 15.4 Å². The molecule has 0 amide bonds. The Balaban J connectivity index is 2.60. The molecule has 1 atom stereocenters. The summed E-state index contributed by atoms with van der Waals surface area (Å²) in [6, 6.07) is 2.44. The second-order valence-electron chi connectivity index (χ2n) is 4.26. The van der Waals surface area contributed by atoms with Gasteiger partial charge in [0.15, 0.2) is 11.6 Å². The van der Waals surface area contributed by atoms with E-state index in [0.717, 1.165) is 13.2 Å². The van der Waals surface area contributed by atoms with Crippen LogP contribution in [0, 0.1) is 11.6 Å². The number of methoxy groups -OCH3 is 1. The minimum Gasteiger partial charge on any atom is -0.465 e. The van der Waals surface area contributed by atoms with Crippen molar-refractivity contribution in [3.63, 3.8) is 0 Å². The highest BCUT2D eigenvalue weighted by atomic mass is 19.2. The number of aliphatic hydroxyl groups is 1. The van der Waals surface area contributed by atoms with Gasteiger partial charge in [0.1, 0.15) is 0 Å². The van der Waals surface area contributed by atoms with Gasteiger partial charge in [-0.3, -0.25) is 0 Å². The third-order valence-electron chi connectivity index (χ3n) is 2.54. The Morgan fingerprint density at radius 3 is 2.65 bits per heavy atom. The Bertz CT molecular complexity index is 467. The van der Waals surface area contributed by atoms with E-state index in [1.165, 1.54) is 6.07 Å². The maximum Gasteiger partial charge on any atom is 0.340 e.